The third-order valence-electron chi connectivity index (χ3n) is 5.36. The lowest BCUT2D eigenvalue weighted by atomic mass is 9.82. The summed E-state index contributed by atoms with van der Waals surface area (Å²) in [5.74, 6) is -0.0495. The highest BCUT2D eigenvalue weighted by molar-refractivity contribution is 5.77. The summed E-state index contributed by atoms with van der Waals surface area (Å²) in [5.41, 5.74) is 0.292. The van der Waals surface area contributed by atoms with Crippen LogP contribution >= 0.6 is 0 Å². The molecule has 5 nitrogen and oxygen atoms in total. The van der Waals surface area contributed by atoms with E-state index in [1.807, 2.05) is 18.2 Å². The minimum absolute atomic E-state index is 0.0495. The summed E-state index contributed by atoms with van der Waals surface area (Å²) in [6, 6.07) is 10.0. The zero-order valence-electron chi connectivity index (χ0n) is 15.0. The highest BCUT2D eigenvalue weighted by atomic mass is 16.5. The number of ether oxygens (including phenoxy) is 1. The summed E-state index contributed by atoms with van der Waals surface area (Å²) in [7, 11) is 0. The summed E-state index contributed by atoms with van der Waals surface area (Å²) >= 11 is 0. The monoisotopic (exact) mass is 346 g/mol. The predicted molar refractivity (Wildman–Crippen MR) is 97.2 cm³/mol. The van der Waals surface area contributed by atoms with E-state index in [0.29, 0.717) is 0 Å². The summed E-state index contributed by atoms with van der Waals surface area (Å²) in [6.45, 7) is 4.05. The lowest BCUT2D eigenvalue weighted by Crippen LogP contribution is -2.45. The van der Waals surface area contributed by atoms with E-state index in [1.54, 1.807) is 0 Å². The second kappa shape index (κ2) is 8.79. The van der Waals surface area contributed by atoms with E-state index in [1.165, 1.54) is 0 Å². The fraction of sp³-hybridized carbons (Fsp3) is 0.650. The van der Waals surface area contributed by atoms with Crippen LogP contribution in [0, 0.1) is 0 Å². The predicted octanol–water partition coefficient (Wildman–Crippen LogP) is 2.26. The first-order valence-electron chi connectivity index (χ1n) is 9.51. The Hall–Kier alpha value is -1.43. The minimum Gasteiger partial charge on any atom is -0.389 e. The summed E-state index contributed by atoms with van der Waals surface area (Å²) in [6.07, 6.45) is 4.87. The first-order chi connectivity index (χ1) is 12.1. The third kappa shape index (κ3) is 5.53. The molecule has 3 rings (SSSR count). The molecular weight excluding hydrogens is 316 g/mol. The van der Waals surface area contributed by atoms with Gasteiger partial charge in [0.2, 0.25) is 5.91 Å². The number of hydrogen-bond acceptors (Lipinski definition) is 4. The molecule has 1 saturated carbocycles. The molecule has 138 valence electrons. The molecule has 1 saturated heterocycles. The van der Waals surface area contributed by atoms with Gasteiger partial charge in [-0.2, -0.15) is 0 Å². The maximum atomic E-state index is 12.6. The van der Waals surface area contributed by atoms with E-state index in [2.05, 4.69) is 22.3 Å². The number of morpholine rings is 1. The number of carbonyl (C=O) groups is 1. The molecule has 25 heavy (non-hydrogen) atoms. The van der Waals surface area contributed by atoms with E-state index in [4.69, 9.17) is 4.74 Å². The summed E-state index contributed by atoms with van der Waals surface area (Å²) < 4.78 is 5.42. The van der Waals surface area contributed by atoms with Crippen molar-refractivity contribution >= 4 is 5.91 Å². The van der Waals surface area contributed by atoms with E-state index >= 15 is 0 Å². The first kappa shape index (κ1) is 18.4. The van der Waals surface area contributed by atoms with E-state index in [-0.39, 0.29) is 18.4 Å². The summed E-state index contributed by atoms with van der Waals surface area (Å²) in [5, 5.41) is 13.8. The van der Waals surface area contributed by atoms with Gasteiger partial charge in [0.15, 0.2) is 0 Å². The Morgan fingerprint density at radius 3 is 2.52 bits per heavy atom. The standard InChI is InChI=1S/C20H30N2O3/c23-19(15-20(24)9-5-2-6-10-20)21-18(17-7-3-1-4-8-17)16-22-11-13-25-14-12-22/h1,3-4,7-8,18,24H,2,5-6,9-16H2,(H,21,23). The van der Waals surface area contributed by atoms with Gasteiger partial charge in [-0.1, -0.05) is 49.6 Å². The molecule has 2 aliphatic rings. The summed E-state index contributed by atoms with van der Waals surface area (Å²) in [4.78, 5) is 15.0. The van der Waals surface area contributed by atoms with Crippen molar-refractivity contribution in [3.05, 3.63) is 35.9 Å². The molecule has 2 N–H and O–H groups in total. The van der Waals surface area contributed by atoms with Crippen LogP contribution in [0.4, 0.5) is 0 Å². The van der Waals surface area contributed by atoms with Crippen LogP contribution in [0.2, 0.25) is 0 Å². The van der Waals surface area contributed by atoms with Crippen molar-refractivity contribution in [3.63, 3.8) is 0 Å². The molecule has 1 atom stereocenters. The Bertz CT molecular complexity index is 537. The highest BCUT2D eigenvalue weighted by Gasteiger charge is 2.32. The van der Waals surface area contributed by atoms with Crippen molar-refractivity contribution in [1.82, 2.24) is 10.2 Å². The molecule has 1 aliphatic heterocycles. The number of aliphatic hydroxyl groups is 1. The number of hydrogen-bond donors (Lipinski definition) is 2. The molecular formula is C20H30N2O3. The number of carbonyl (C=O) groups excluding carboxylic acids is 1. The van der Waals surface area contributed by atoms with Crippen LogP contribution in [0.5, 0.6) is 0 Å². The second-order valence-corrected chi connectivity index (χ2v) is 7.41. The Balaban J connectivity index is 1.63. The fourth-order valence-corrected chi connectivity index (χ4v) is 3.89. The molecule has 0 spiro atoms. The number of amides is 1. The van der Waals surface area contributed by atoms with Gasteiger partial charge in [0, 0.05) is 19.6 Å². The highest BCUT2D eigenvalue weighted by Crippen LogP contribution is 2.31. The lowest BCUT2D eigenvalue weighted by molar-refractivity contribution is -0.128. The van der Waals surface area contributed by atoms with Crippen LogP contribution in [-0.2, 0) is 9.53 Å². The zero-order valence-corrected chi connectivity index (χ0v) is 15.0. The van der Waals surface area contributed by atoms with Gasteiger partial charge in [0.05, 0.1) is 31.3 Å². The van der Waals surface area contributed by atoms with E-state index < -0.39 is 5.60 Å². The van der Waals surface area contributed by atoms with Crippen LogP contribution < -0.4 is 5.32 Å². The minimum atomic E-state index is -0.817. The third-order valence-corrected chi connectivity index (χ3v) is 5.36. The Morgan fingerprint density at radius 2 is 1.84 bits per heavy atom. The molecule has 1 aromatic carbocycles. The molecule has 5 heteroatoms. The van der Waals surface area contributed by atoms with Crippen LogP contribution in [-0.4, -0.2) is 54.4 Å². The first-order valence-corrected chi connectivity index (χ1v) is 9.51. The topological polar surface area (TPSA) is 61.8 Å². The Labute approximate surface area is 150 Å². The number of nitrogens with zero attached hydrogens (tertiary/aromatic N) is 1. The molecule has 1 unspecified atom stereocenters. The number of rotatable bonds is 6. The van der Waals surface area contributed by atoms with E-state index in [0.717, 1.165) is 70.5 Å². The average Bonchev–Trinajstić information content (AvgIpc) is 2.63. The quantitative estimate of drug-likeness (QED) is 0.829. The SMILES string of the molecule is O=C(CC1(O)CCCCC1)NC(CN1CCOCC1)c1ccccc1. The van der Waals surface area contributed by atoms with Crippen molar-refractivity contribution in [1.29, 1.82) is 0 Å². The smallest absolute Gasteiger partial charge is 0.223 e. The van der Waals surface area contributed by atoms with Crippen molar-refractivity contribution < 1.29 is 14.6 Å². The molecule has 0 bridgehead atoms. The van der Waals surface area contributed by atoms with Gasteiger partial charge in [0.1, 0.15) is 0 Å². The van der Waals surface area contributed by atoms with Crippen LogP contribution in [0.1, 0.15) is 50.1 Å². The van der Waals surface area contributed by atoms with Crippen molar-refractivity contribution in [2.24, 2.45) is 0 Å². The largest absolute Gasteiger partial charge is 0.389 e. The molecule has 1 heterocycles. The average molecular weight is 346 g/mol. The normalized spacial score (nSPS) is 22.3. The van der Waals surface area contributed by atoms with Crippen molar-refractivity contribution in [2.45, 2.75) is 50.2 Å². The van der Waals surface area contributed by atoms with Crippen molar-refractivity contribution in [3.8, 4) is 0 Å². The van der Waals surface area contributed by atoms with Gasteiger partial charge in [-0.3, -0.25) is 9.69 Å². The molecule has 1 aromatic rings. The fourth-order valence-electron chi connectivity index (χ4n) is 3.89. The molecule has 0 aromatic heterocycles. The number of benzene rings is 1. The van der Waals surface area contributed by atoms with Crippen LogP contribution in [0.25, 0.3) is 0 Å². The lowest BCUT2D eigenvalue weighted by Gasteiger charge is -2.34. The van der Waals surface area contributed by atoms with Gasteiger partial charge in [-0.05, 0) is 18.4 Å². The van der Waals surface area contributed by atoms with Gasteiger partial charge in [0.25, 0.3) is 0 Å². The van der Waals surface area contributed by atoms with Gasteiger partial charge >= 0.3 is 0 Å². The number of nitrogens with one attached hydrogen (secondary N) is 1. The maximum absolute atomic E-state index is 12.6. The van der Waals surface area contributed by atoms with Crippen LogP contribution in [0.3, 0.4) is 0 Å². The van der Waals surface area contributed by atoms with E-state index in [9.17, 15) is 9.90 Å². The van der Waals surface area contributed by atoms with Gasteiger partial charge < -0.3 is 15.2 Å². The van der Waals surface area contributed by atoms with Crippen LogP contribution in [0.15, 0.2) is 30.3 Å². The molecule has 1 amide bonds. The molecule has 1 aliphatic carbocycles. The molecule has 0 radical (unpaired) electrons. The van der Waals surface area contributed by atoms with Gasteiger partial charge in [-0.15, -0.1) is 0 Å². The maximum Gasteiger partial charge on any atom is 0.223 e. The molecule has 2 fully saturated rings. The van der Waals surface area contributed by atoms with Gasteiger partial charge in [-0.25, -0.2) is 0 Å². The Kier molecular flexibility index (Phi) is 6.45. The zero-order chi connectivity index (χ0) is 17.5. The Morgan fingerprint density at radius 1 is 1.16 bits per heavy atom. The van der Waals surface area contributed by atoms with Crippen molar-refractivity contribution in [2.75, 3.05) is 32.8 Å². The second-order valence-electron chi connectivity index (χ2n) is 7.41.